The van der Waals surface area contributed by atoms with Crippen LogP contribution in [0.15, 0.2) is 48.5 Å². The van der Waals surface area contributed by atoms with Crippen LogP contribution in [-0.4, -0.2) is 16.9 Å². The minimum atomic E-state index is -0.412. The largest absolute Gasteiger partial charge is 0.508 e. The molecular weight excluding hydrogens is 304 g/mol. The summed E-state index contributed by atoms with van der Waals surface area (Å²) in [5.74, 6) is -0.321. The Morgan fingerprint density at radius 3 is 2.36 bits per heavy atom. The first-order valence-electron chi connectivity index (χ1n) is 6.60. The van der Waals surface area contributed by atoms with Crippen molar-refractivity contribution in [1.29, 1.82) is 0 Å². The highest BCUT2D eigenvalue weighted by atomic mass is 35.5. The van der Waals surface area contributed by atoms with E-state index in [2.05, 4.69) is 10.9 Å². The summed E-state index contributed by atoms with van der Waals surface area (Å²) >= 11 is 5.67. The van der Waals surface area contributed by atoms with Gasteiger partial charge in [-0.15, -0.1) is 11.6 Å². The van der Waals surface area contributed by atoms with Gasteiger partial charge in [-0.1, -0.05) is 24.3 Å². The first-order chi connectivity index (χ1) is 10.6. The second-order valence-corrected chi connectivity index (χ2v) is 4.95. The van der Waals surface area contributed by atoms with E-state index in [1.54, 1.807) is 36.4 Å². The number of hydrogen-bond donors (Lipinski definition) is 3. The number of amides is 2. The van der Waals surface area contributed by atoms with Gasteiger partial charge in [-0.3, -0.25) is 20.4 Å². The highest BCUT2D eigenvalue weighted by Gasteiger charge is 2.08. The average Bonchev–Trinajstić information content (AvgIpc) is 2.52. The number of rotatable bonds is 4. The van der Waals surface area contributed by atoms with E-state index in [9.17, 15) is 14.7 Å². The summed E-state index contributed by atoms with van der Waals surface area (Å²) in [5, 5.41) is 9.32. The van der Waals surface area contributed by atoms with E-state index in [1.165, 1.54) is 12.1 Å². The summed E-state index contributed by atoms with van der Waals surface area (Å²) in [6.07, 6.45) is 0.0554. The van der Waals surface area contributed by atoms with Crippen LogP contribution >= 0.6 is 11.6 Å². The zero-order chi connectivity index (χ0) is 15.9. The van der Waals surface area contributed by atoms with Crippen LogP contribution in [0.1, 0.15) is 21.5 Å². The molecule has 0 heterocycles. The molecule has 0 saturated heterocycles. The molecule has 3 N–H and O–H groups in total. The van der Waals surface area contributed by atoms with Crippen LogP contribution in [0, 0.1) is 0 Å². The second-order valence-electron chi connectivity index (χ2n) is 4.68. The second kappa shape index (κ2) is 7.47. The van der Waals surface area contributed by atoms with E-state index in [0.717, 1.165) is 5.56 Å². The van der Waals surface area contributed by atoms with E-state index in [0.29, 0.717) is 17.0 Å². The van der Waals surface area contributed by atoms with Crippen LogP contribution in [0.5, 0.6) is 5.75 Å². The molecule has 5 nitrogen and oxygen atoms in total. The van der Waals surface area contributed by atoms with Crippen molar-refractivity contribution in [3.63, 3.8) is 0 Å². The standard InChI is InChI=1S/C16H15ClN2O3/c17-10-11-4-6-13(7-5-11)16(22)19-18-15(21)9-12-2-1-3-14(20)8-12/h1-8,20H,9-10H2,(H,18,21)(H,19,22). The fourth-order valence-corrected chi connectivity index (χ4v) is 2.02. The topological polar surface area (TPSA) is 78.4 Å². The Bertz CT molecular complexity index is 671. The molecule has 0 fully saturated rings. The Kier molecular flexibility index (Phi) is 5.38. The van der Waals surface area contributed by atoms with Crippen LogP contribution < -0.4 is 10.9 Å². The van der Waals surface area contributed by atoms with Crippen molar-refractivity contribution in [3.8, 4) is 5.75 Å². The third-order valence-corrected chi connectivity index (χ3v) is 3.27. The van der Waals surface area contributed by atoms with Gasteiger partial charge in [0.1, 0.15) is 5.75 Å². The summed E-state index contributed by atoms with van der Waals surface area (Å²) in [6.45, 7) is 0. The molecule has 0 bridgehead atoms. The molecule has 114 valence electrons. The molecule has 0 aliphatic carbocycles. The smallest absolute Gasteiger partial charge is 0.269 e. The number of hydrazine groups is 1. The zero-order valence-electron chi connectivity index (χ0n) is 11.7. The van der Waals surface area contributed by atoms with E-state index in [4.69, 9.17) is 11.6 Å². The fraction of sp³-hybridized carbons (Fsp3) is 0.125. The summed E-state index contributed by atoms with van der Waals surface area (Å²) < 4.78 is 0. The third-order valence-electron chi connectivity index (χ3n) is 2.96. The molecule has 0 radical (unpaired) electrons. The zero-order valence-corrected chi connectivity index (χ0v) is 12.4. The molecule has 2 aromatic rings. The number of hydrogen-bond acceptors (Lipinski definition) is 3. The summed E-state index contributed by atoms with van der Waals surface area (Å²) in [4.78, 5) is 23.6. The van der Waals surface area contributed by atoms with Gasteiger partial charge < -0.3 is 5.11 Å². The van der Waals surface area contributed by atoms with Crippen LogP contribution in [-0.2, 0) is 17.1 Å². The van der Waals surface area contributed by atoms with E-state index in [1.807, 2.05) is 0 Å². The molecular formula is C16H15ClN2O3. The molecule has 0 aliphatic heterocycles. The number of halogens is 1. The Morgan fingerprint density at radius 2 is 1.73 bits per heavy atom. The van der Waals surface area contributed by atoms with Crippen molar-refractivity contribution in [2.24, 2.45) is 0 Å². The summed E-state index contributed by atoms with van der Waals surface area (Å²) in [5.41, 5.74) is 6.65. The Hall–Kier alpha value is -2.53. The number of nitrogens with one attached hydrogen (secondary N) is 2. The third kappa shape index (κ3) is 4.49. The minimum Gasteiger partial charge on any atom is -0.508 e. The molecule has 0 saturated carbocycles. The van der Waals surface area contributed by atoms with Crippen molar-refractivity contribution in [3.05, 3.63) is 65.2 Å². The Labute approximate surface area is 132 Å². The predicted octanol–water partition coefficient (Wildman–Crippen LogP) is 2.13. The number of carbonyl (C=O) groups excluding carboxylic acids is 2. The monoisotopic (exact) mass is 318 g/mol. The molecule has 0 spiro atoms. The number of phenols is 1. The van der Waals surface area contributed by atoms with Crippen molar-refractivity contribution < 1.29 is 14.7 Å². The van der Waals surface area contributed by atoms with Gasteiger partial charge in [0.2, 0.25) is 5.91 Å². The molecule has 0 aliphatic rings. The van der Waals surface area contributed by atoms with Crippen molar-refractivity contribution in [2.45, 2.75) is 12.3 Å². The van der Waals surface area contributed by atoms with E-state index < -0.39 is 5.91 Å². The highest BCUT2D eigenvalue weighted by Crippen LogP contribution is 2.11. The van der Waals surface area contributed by atoms with Crippen LogP contribution in [0.25, 0.3) is 0 Å². The van der Waals surface area contributed by atoms with Gasteiger partial charge in [0, 0.05) is 11.4 Å². The summed E-state index contributed by atoms with van der Waals surface area (Å²) in [7, 11) is 0. The van der Waals surface area contributed by atoms with E-state index >= 15 is 0 Å². The molecule has 0 atom stereocenters. The molecule has 2 aromatic carbocycles. The van der Waals surface area contributed by atoms with Gasteiger partial charge in [-0.2, -0.15) is 0 Å². The lowest BCUT2D eigenvalue weighted by molar-refractivity contribution is -0.121. The van der Waals surface area contributed by atoms with Gasteiger partial charge in [-0.05, 0) is 35.4 Å². The number of carbonyl (C=O) groups is 2. The lowest BCUT2D eigenvalue weighted by atomic mass is 10.1. The Balaban J connectivity index is 1.86. The lowest BCUT2D eigenvalue weighted by Crippen LogP contribution is -2.42. The van der Waals surface area contributed by atoms with Gasteiger partial charge >= 0.3 is 0 Å². The van der Waals surface area contributed by atoms with Gasteiger partial charge in [0.15, 0.2) is 0 Å². The first kappa shape index (κ1) is 15.9. The molecule has 2 rings (SSSR count). The highest BCUT2D eigenvalue weighted by molar-refractivity contribution is 6.17. The van der Waals surface area contributed by atoms with Crippen LogP contribution in [0.2, 0.25) is 0 Å². The minimum absolute atomic E-state index is 0.0554. The lowest BCUT2D eigenvalue weighted by Gasteiger charge is -2.08. The molecule has 2 amide bonds. The normalized spacial score (nSPS) is 10.0. The number of phenolic OH excluding ortho intramolecular Hbond substituents is 1. The number of alkyl halides is 1. The van der Waals surface area contributed by atoms with Crippen LogP contribution in [0.4, 0.5) is 0 Å². The van der Waals surface area contributed by atoms with Gasteiger partial charge in [-0.25, -0.2) is 0 Å². The Morgan fingerprint density at radius 1 is 1.00 bits per heavy atom. The molecule has 0 unspecified atom stereocenters. The van der Waals surface area contributed by atoms with Crippen molar-refractivity contribution in [1.82, 2.24) is 10.9 Å². The number of benzene rings is 2. The first-order valence-corrected chi connectivity index (χ1v) is 7.14. The summed E-state index contributed by atoms with van der Waals surface area (Å²) in [6, 6.07) is 13.1. The maximum Gasteiger partial charge on any atom is 0.269 e. The van der Waals surface area contributed by atoms with Crippen LogP contribution in [0.3, 0.4) is 0 Å². The number of aromatic hydroxyl groups is 1. The SMILES string of the molecule is O=C(Cc1cccc(O)c1)NNC(=O)c1ccc(CCl)cc1. The predicted molar refractivity (Wildman–Crippen MR) is 83.4 cm³/mol. The fourth-order valence-electron chi connectivity index (χ4n) is 1.84. The van der Waals surface area contributed by atoms with Gasteiger partial charge in [0.25, 0.3) is 5.91 Å². The maximum atomic E-state index is 11.9. The van der Waals surface area contributed by atoms with Crippen molar-refractivity contribution in [2.75, 3.05) is 0 Å². The van der Waals surface area contributed by atoms with Crippen molar-refractivity contribution >= 4 is 23.4 Å². The maximum absolute atomic E-state index is 11.9. The molecule has 6 heteroatoms. The van der Waals surface area contributed by atoms with E-state index in [-0.39, 0.29) is 18.1 Å². The molecule has 22 heavy (non-hydrogen) atoms. The average molecular weight is 319 g/mol. The molecule has 0 aromatic heterocycles. The van der Waals surface area contributed by atoms with Gasteiger partial charge in [0.05, 0.1) is 6.42 Å². The quantitative estimate of drug-likeness (QED) is 0.597.